The van der Waals surface area contributed by atoms with Crippen LogP contribution in [0.25, 0.3) is 0 Å². The SMILES string of the molecule is CC(C)c1cccc(OCCCCC(C)(C)CN)c1. The van der Waals surface area contributed by atoms with Crippen LogP contribution in [-0.4, -0.2) is 13.2 Å². The van der Waals surface area contributed by atoms with Crippen molar-refractivity contribution in [3.63, 3.8) is 0 Å². The highest BCUT2D eigenvalue weighted by atomic mass is 16.5. The Bertz CT molecular complexity index is 371. The minimum atomic E-state index is 0.261. The number of hydrogen-bond donors (Lipinski definition) is 1. The molecule has 0 aliphatic heterocycles. The average molecular weight is 263 g/mol. The molecule has 2 nitrogen and oxygen atoms in total. The molecule has 0 aliphatic carbocycles. The van der Waals surface area contributed by atoms with Gasteiger partial charge in [0.1, 0.15) is 5.75 Å². The minimum Gasteiger partial charge on any atom is -0.494 e. The van der Waals surface area contributed by atoms with E-state index in [9.17, 15) is 0 Å². The Morgan fingerprint density at radius 2 is 1.95 bits per heavy atom. The first kappa shape index (κ1) is 16.0. The molecule has 0 saturated carbocycles. The normalized spacial score (nSPS) is 11.9. The number of rotatable bonds is 8. The molecule has 0 spiro atoms. The molecule has 0 amide bonds. The lowest BCUT2D eigenvalue weighted by atomic mass is 9.87. The summed E-state index contributed by atoms with van der Waals surface area (Å²) in [4.78, 5) is 0. The number of nitrogens with two attached hydrogens (primary N) is 1. The molecule has 2 N–H and O–H groups in total. The summed E-state index contributed by atoms with van der Waals surface area (Å²) in [6, 6.07) is 8.41. The van der Waals surface area contributed by atoms with Gasteiger partial charge in [-0.2, -0.15) is 0 Å². The van der Waals surface area contributed by atoms with Crippen LogP contribution in [-0.2, 0) is 0 Å². The summed E-state index contributed by atoms with van der Waals surface area (Å²) in [6.45, 7) is 10.4. The maximum absolute atomic E-state index is 5.81. The molecular formula is C17H29NO. The molecule has 1 aromatic rings. The van der Waals surface area contributed by atoms with Crippen molar-refractivity contribution in [1.29, 1.82) is 0 Å². The van der Waals surface area contributed by atoms with Crippen molar-refractivity contribution in [2.24, 2.45) is 11.1 Å². The molecule has 0 atom stereocenters. The van der Waals surface area contributed by atoms with Crippen molar-refractivity contribution < 1.29 is 4.74 Å². The second-order valence-electron chi connectivity index (χ2n) is 6.40. The van der Waals surface area contributed by atoms with Crippen LogP contribution in [0.15, 0.2) is 24.3 Å². The van der Waals surface area contributed by atoms with E-state index >= 15 is 0 Å². The van der Waals surface area contributed by atoms with Gasteiger partial charge in [0.15, 0.2) is 0 Å². The van der Waals surface area contributed by atoms with Crippen molar-refractivity contribution in [1.82, 2.24) is 0 Å². The van der Waals surface area contributed by atoms with Gasteiger partial charge in [-0.15, -0.1) is 0 Å². The molecule has 0 aliphatic rings. The summed E-state index contributed by atoms with van der Waals surface area (Å²) in [7, 11) is 0. The van der Waals surface area contributed by atoms with E-state index in [-0.39, 0.29) is 5.41 Å². The van der Waals surface area contributed by atoms with Gasteiger partial charge in [0.25, 0.3) is 0 Å². The van der Waals surface area contributed by atoms with Crippen LogP contribution in [0.2, 0.25) is 0 Å². The second-order valence-corrected chi connectivity index (χ2v) is 6.40. The zero-order chi connectivity index (χ0) is 14.3. The quantitative estimate of drug-likeness (QED) is 0.708. The first-order chi connectivity index (χ1) is 8.94. The van der Waals surface area contributed by atoms with Crippen molar-refractivity contribution in [2.45, 2.75) is 52.9 Å². The second kappa shape index (κ2) is 7.54. The van der Waals surface area contributed by atoms with E-state index in [0.717, 1.165) is 25.3 Å². The average Bonchev–Trinajstić information content (AvgIpc) is 2.38. The zero-order valence-corrected chi connectivity index (χ0v) is 12.9. The number of hydrogen-bond acceptors (Lipinski definition) is 2. The predicted octanol–water partition coefficient (Wildman–Crippen LogP) is 4.34. The van der Waals surface area contributed by atoms with E-state index < -0.39 is 0 Å². The monoisotopic (exact) mass is 263 g/mol. The Morgan fingerprint density at radius 3 is 2.58 bits per heavy atom. The van der Waals surface area contributed by atoms with E-state index in [0.29, 0.717) is 5.92 Å². The number of ether oxygens (including phenoxy) is 1. The van der Waals surface area contributed by atoms with Crippen LogP contribution in [0.4, 0.5) is 0 Å². The van der Waals surface area contributed by atoms with Crippen LogP contribution in [0.5, 0.6) is 5.75 Å². The van der Waals surface area contributed by atoms with Crippen molar-refractivity contribution in [3.8, 4) is 5.75 Å². The summed E-state index contributed by atoms with van der Waals surface area (Å²) in [5.41, 5.74) is 7.32. The summed E-state index contributed by atoms with van der Waals surface area (Å²) in [6.07, 6.45) is 3.43. The van der Waals surface area contributed by atoms with Gasteiger partial charge in [-0.25, -0.2) is 0 Å². The van der Waals surface area contributed by atoms with Crippen molar-refractivity contribution in [2.75, 3.05) is 13.2 Å². The standard InChI is InChI=1S/C17H29NO/c1-14(2)15-8-7-9-16(12-15)19-11-6-5-10-17(3,4)13-18/h7-9,12,14H,5-6,10-11,13,18H2,1-4H3. The maximum Gasteiger partial charge on any atom is 0.119 e. The molecule has 0 aromatic heterocycles. The summed E-state index contributed by atoms with van der Waals surface area (Å²) < 4.78 is 5.81. The van der Waals surface area contributed by atoms with Gasteiger partial charge in [0.2, 0.25) is 0 Å². The van der Waals surface area contributed by atoms with Crippen molar-refractivity contribution in [3.05, 3.63) is 29.8 Å². The van der Waals surface area contributed by atoms with Crippen LogP contribution in [0.3, 0.4) is 0 Å². The van der Waals surface area contributed by atoms with Crippen molar-refractivity contribution >= 4 is 0 Å². The van der Waals surface area contributed by atoms with Gasteiger partial charge >= 0.3 is 0 Å². The van der Waals surface area contributed by atoms with Gasteiger partial charge in [0, 0.05) is 0 Å². The Balaban J connectivity index is 2.28. The van der Waals surface area contributed by atoms with Crippen LogP contribution in [0.1, 0.15) is 58.4 Å². The largest absolute Gasteiger partial charge is 0.494 e. The first-order valence-corrected chi connectivity index (χ1v) is 7.37. The number of unbranched alkanes of at least 4 members (excludes halogenated alkanes) is 1. The third-order valence-electron chi connectivity index (χ3n) is 3.59. The smallest absolute Gasteiger partial charge is 0.119 e. The predicted molar refractivity (Wildman–Crippen MR) is 82.7 cm³/mol. The lowest BCUT2D eigenvalue weighted by Gasteiger charge is -2.21. The molecule has 0 saturated heterocycles. The van der Waals surface area contributed by atoms with Crippen LogP contribution in [0, 0.1) is 5.41 Å². The summed E-state index contributed by atoms with van der Waals surface area (Å²) in [5.74, 6) is 1.54. The Morgan fingerprint density at radius 1 is 1.21 bits per heavy atom. The molecule has 0 radical (unpaired) electrons. The minimum absolute atomic E-state index is 0.261. The van der Waals surface area contributed by atoms with Gasteiger partial charge < -0.3 is 10.5 Å². The molecule has 19 heavy (non-hydrogen) atoms. The highest BCUT2D eigenvalue weighted by molar-refractivity contribution is 5.30. The number of benzene rings is 1. The van der Waals surface area contributed by atoms with Gasteiger partial charge in [-0.1, -0.05) is 39.8 Å². The third-order valence-corrected chi connectivity index (χ3v) is 3.59. The summed E-state index contributed by atoms with van der Waals surface area (Å²) in [5, 5.41) is 0. The lowest BCUT2D eigenvalue weighted by Crippen LogP contribution is -2.23. The molecule has 0 fully saturated rings. The highest BCUT2D eigenvalue weighted by Gasteiger charge is 2.14. The van der Waals surface area contributed by atoms with E-state index in [1.165, 1.54) is 18.4 Å². The van der Waals surface area contributed by atoms with Gasteiger partial charge in [-0.05, 0) is 54.8 Å². The Labute approximate surface area is 118 Å². The Kier molecular flexibility index (Phi) is 6.36. The molecule has 2 heteroatoms. The third kappa shape index (κ3) is 6.11. The molecule has 0 heterocycles. The van der Waals surface area contributed by atoms with E-state index in [1.54, 1.807) is 0 Å². The Hall–Kier alpha value is -1.02. The molecule has 0 bridgehead atoms. The van der Waals surface area contributed by atoms with Crippen LogP contribution < -0.4 is 10.5 Å². The molecule has 0 unspecified atom stereocenters. The highest BCUT2D eigenvalue weighted by Crippen LogP contribution is 2.22. The zero-order valence-electron chi connectivity index (χ0n) is 12.9. The molecule has 1 aromatic carbocycles. The molecular weight excluding hydrogens is 234 g/mol. The lowest BCUT2D eigenvalue weighted by molar-refractivity contribution is 0.278. The summed E-state index contributed by atoms with van der Waals surface area (Å²) >= 11 is 0. The fraction of sp³-hybridized carbons (Fsp3) is 0.647. The van der Waals surface area contributed by atoms with Crippen LogP contribution >= 0.6 is 0 Å². The van der Waals surface area contributed by atoms with E-state index in [2.05, 4.69) is 45.9 Å². The molecule has 1 rings (SSSR count). The van der Waals surface area contributed by atoms with E-state index in [4.69, 9.17) is 10.5 Å². The molecule has 108 valence electrons. The van der Waals surface area contributed by atoms with Gasteiger partial charge in [0.05, 0.1) is 6.61 Å². The topological polar surface area (TPSA) is 35.2 Å². The van der Waals surface area contributed by atoms with Gasteiger partial charge in [-0.3, -0.25) is 0 Å². The first-order valence-electron chi connectivity index (χ1n) is 7.37. The fourth-order valence-corrected chi connectivity index (χ4v) is 1.96. The maximum atomic E-state index is 5.81. The van der Waals surface area contributed by atoms with E-state index in [1.807, 2.05) is 6.07 Å². The fourth-order valence-electron chi connectivity index (χ4n) is 1.96.